The predicted octanol–water partition coefficient (Wildman–Crippen LogP) is 3.76. The third-order valence-electron chi connectivity index (χ3n) is 3.82. The molecule has 1 aromatic carbocycles. The Balaban J connectivity index is 1.98. The van der Waals surface area contributed by atoms with Crippen LogP contribution < -0.4 is 5.32 Å². The van der Waals surface area contributed by atoms with Gasteiger partial charge < -0.3 is 5.32 Å². The molecule has 1 nitrogen and oxygen atoms in total. The first-order valence-corrected chi connectivity index (χ1v) is 5.98. The van der Waals surface area contributed by atoms with Crippen LogP contribution in [0.5, 0.6) is 0 Å². The first-order valence-electron chi connectivity index (χ1n) is 5.98. The van der Waals surface area contributed by atoms with Crippen LogP contribution in [-0.2, 0) is 0 Å². The SMILES string of the molecule is Cc1cccc(C)c1NC[C@@H]1CC[C@H]1C. The topological polar surface area (TPSA) is 12.0 Å². The first kappa shape index (κ1) is 10.5. The second-order valence-corrected chi connectivity index (χ2v) is 4.96. The van der Waals surface area contributed by atoms with Crippen molar-refractivity contribution in [1.82, 2.24) is 0 Å². The normalized spacial score (nSPS) is 24.7. The van der Waals surface area contributed by atoms with Crippen molar-refractivity contribution in [2.45, 2.75) is 33.6 Å². The number of hydrogen-bond donors (Lipinski definition) is 1. The minimum absolute atomic E-state index is 0.893. The van der Waals surface area contributed by atoms with Crippen LogP contribution in [0, 0.1) is 25.7 Å². The highest BCUT2D eigenvalue weighted by Crippen LogP contribution is 2.34. The van der Waals surface area contributed by atoms with Crippen molar-refractivity contribution in [3.05, 3.63) is 29.3 Å². The van der Waals surface area contributed by atoms with Gasteiger partial charge in [0.05, 0.1) is 0 Å². The average Bonchev–Trinajstić information content (AvgIpc) is 2.20. The molecule has 0 spiro atoms. The largest absolute Gasteiger partial charge is 0.384 e. The molecular formula is C14H21N. The van der Waals surface area contributed by atoms with Crippen molar-refractivity contribution < 1.29 is 0 Å². The molecule has 82 valence electrons. The lowest BCUT2D eigenvalue weighted by atomic mass is 9.75. The molecule has 1 N–H and O–H groups in total. The Morgan fingerprint density at radius 3 is 2.33 bits per heavy atom. The summed E-state index contributed by atoms with van der Waals surface area (Å²) < 4.78 is 0. The van der Waals surface area contributed by atoms with Crippen LogP contribution in [0.1, 0.15) is 30.9 Å². The molecule has 1 aliphatic rings. The third kappa shape index (κ3) is 2.17. The van der Waals surface area contributed by atoms with Gasteiger partial charge in [-0.05, 0) is 43.2 Å². The van der Waals surface area contributed by atoms with E-state index in [4.69, 9.17) is 0 Å². The second-order valence-electron chi connectivity index (χ2n) is 4.96. The first-order chi connectivity index (χ1) is 7.18. The van der Waals surface area contributed by atoms with Gasteiger partial charge in [0.15, 0.2) is 0 Å². The molecule has 1 heteroatoms. The summed E-state index contributed by atoms with van der Waals surface area (Å²) in [6.45, 7) is 7.87. The quantitative estimate of drug-likeness (QED) is 0.788. The molecule has 0 aliphatic heterocycles. The van der Waals surface area contributed by atoms with Crippen LogP contribution in [0.4, 0.5) is 5.69 Å². The van der Waals surface area contributed by atoms with Crippen molar-refractivity contribution in [2.75, 3.05) is 11.9 Å². The van der Waals surface area contributed by atoms with Crippen LogP contribution in [0.25, 0.3) is 0 Å². The lowest BCUT2D eigenvalue weighted by Crippen LogP contribution is -2.29. The highest BCUT2D eigenvalue weighted by molar-refractivity contribution is 5.56. The van der Waals surface area contributed by atoms with Gasteiger partial charge in [0.2, 0.25) is 0 Å². The fraction of sp³-hybridized carbons (Fsp3) is 0.571. The van der Waals surface area contributed by atoms with E-state index in [1.165, 1.54) is 29.7 Å². The van der Waals surface area contributed by atoms with E-state index in [1.807, 2.05) is 0 Å². The van der Waals surface area contributed by atoms with Crippen LogP contribution in [0.15, 0.2) is 18.2 Å². The van der Waals surface area contributed by atoms with Crippen molar-refractivity contribution in [3.63, 3.8) is 0 Å². The second kappa shape index (κ2) is 4.26. The number of benzene rings is 1. The van der Waals surface area contributed by atoms with E-state index in [-0.39, 0.29) is 0 Å². The molecule has 0 radical (unpaired) electrons. The summed E-state index contributed by atoms with van der Waals surface area (Å²) in [5.74, 6) is 1.81. The summed E-state index contributed by atoms with van der Waals surface area (Å²) in [7, 11) is 0. The third-order valence-corrected chi connectivity index (χ3v) is 3.82. The molecule has 2 rings (SSSR count). The molecule has 15 heavy (non-hydrogen) atoms. The number of rotatable bonds is 3. The minimum Gasteiger partial charge on any atom is -0.384 e. The Bertz CT molecular complexity index is 323. The van der Waals surface area contributed by atoms with Crippen LogP contribution in [0.2, 0.25) is 0 Å². The molecule has 1 fully saturated rings. The van der Waals surface area contributed by atoms with E-state index in [2.05, 4.69) is 44.3 Å². The lowest BCUT2D eigenvalue weighted by molar-refractivity contribution is 0.210. The van der Waals surface area contributed by atoms with Gasteiger partial charge in [-0.25, -0.2) is 0 Å². The van der Waals surface area contributed by atoms with E-state index < -0.39 is 0 Å². The monoisotopic (exact) mass is 203 g/mol. The van der Waals surface area contributed by atoms with E-state index in [9.17, 15) is 0 Å². The highest BCUT2D eigenvalue weighted by atomic mass is 14.9. The minimum atomic E-state index is 0.893. The maximum atomic E-state index is 3.61. The Morgan fingerprint density at radius 1 is 1.20 bits per heavy atom. The Hall–Kier alpha value is -0.980. The summed E-state index contributed by atoms with van der Waals surface area (Å²) in [6, 6.07) is 6.49. The Labute approximate surface area is 92.9 Å². The number of anilines is 1. The predicted molar refractivity (Wildman–Crippen MR) is 66.3 cm³/mol. The van der Waals surface area contributed by atoms with Gasteiger partial charge in [-0.1, -0.05) is 31.5 Å². The molecule has 0 heterocycles. The summed E-state index contributed by atoms with van der Waals surface area (Å²) >= 11 is 0. The molecule has 1 aromatic rings. The standard InChI is InChI=1S/C14H21N/c1-10-7-8-13(10)9-15-14-11(2)5-4-6-12(14)3/h4-6,10,13,15H,7-9H2,1-3H3/t10-,13+/m1/s1. The molecule has 1 saturated carbocycles. The molecule has 0 unspecified atom stereocenters. The molecule has 0 bridgehead atoms. The van der Waals surface area contributed by atoms with Crippen molar-refractivity contribution in [3.8, 4) is 0 Å². The molecule has 0 saturated heterocycles. The zero-order valence-electron chi connectivity index (χ0n) is 10.0. The van der Waals surface area contributed by atoms with Crippen LogP contribution >= 0.6 is 0 Å². The van der Waals surface area contributed by atoms with Crippen LogP contribution in [-0.4, -0.2) is 6.54 Å². The van der Waals surface area contributed by atoms with Crippen molar-refractivity contribution in [1.29, 1.82) is 0 Å². The van der Waals surface area contributed by atoms with Gasteiger partial charge in [-0.3, -0.25) is 0 Å². The fourth-order valence-corrected chi connectivity index (χ4v) is 2.37. The van der Waals surface area contributed by atoms with E-state index >= 15 is 0 Å². The van der Waals surface area contributed by atoms with Gasteiger partial charge >= 0.3 is 0 Å². The van der Waals surface area contributed by atoms with Crippen molar-refractivity contribution >= 4 is 5.69 Å². The number of hydrogen-bond acceptors (Lipinski definition) is 1. The lowest BCUT2D eigenvalue weighted by Gasteiger charge is -2.34. The summed E-state index contributed by atoms with van der Waals surface area (Å²) in [5, 5.41) is 3.61. The number of nitrogens with one attached hydrogen (secondary N) is 1. The van der Waals surface area contributed by atoms with E-state index in [0.717, 1.165) is 18.4 Å². The average molecular weight is 203 g/mol. The summed E-state index contributed by atoms with van der Waals surface area (Å²) in [6.07, 6.45) is 2.82. The van der Waals surface area contributed by atoms with Crippen molar-refractivity contribution in [2.24, 2.45) is 11.8 Å². The smallest absolute Gasteiger partial charge is 0.0399 e. The fourth-order valence-electron chi connectivity index (χ4n) is 2.37. The molecule has 1 aliphatic carbocycles. The molecule has 2 atom stereocenters. The number of aryl methyl sites for hydroxylation is 2. The maximum absolute atomic E-state index is 3.61. The molecular weight excluding hydrogens is 182 g/mol. The van der Waals surface area contributed by atoms with Gasteiger partial charge in [0, 0.05) is 12.2 Å². The van der Waals surface area contributed by atoms with Gasteiger partial charge in [0.25, 0.3) is 0 Å². The van der Waals surface area contributed by atoms with Gasteiger partial charge in [-0.2, -0.15) is 0 Å². The van der Waals surface area contributed by atoms with Gasteiger partial charge in [0.1, 0.15) is 0 Å². The Morgan fingerprint density at radius 2 is 1.87 bits per heavy atom. The van der Waals surface area contributed by atoms with E-state index in [0.29, 0.717) is 0 Å². The zero-order chi connectivity index (χ0) is 10.8. The number of para-hydroxylation sites is 1. The van der Waals surface area contributed by atoms with Gasteiger partial charge in [-0.15, -0.1) is 0 Å². The summed E-state index contributed by atoms with van der Waals surface area (Å²) in [4.78, 5) is 0. The van der Waals surface area contributed by atoms with E-state index in [1.54, 1.807) is 0 Å². The maximum Gasteiger partial charge on any atom is 0.0399 e. The highest BCUT2D eigenvalue weighted by Gasteiger charge is 2.26. The molecule has 0 aromatic heterocycles. The van der Waals surface area contributed by atoms with Crippen LogP contribution in [0.3, 0.4) is 0 Å². The zero-order valence-corrected chi connectivity index (χ0v) is 10.0. The summed E-state index contributed by atoms with van der Waals surface area (Å²) in [5.41, 5.74) is 4.07. The Kier molecular flexibility index (Phi) is 2.99. The molecule has 0 amide bonds.